The molecular weight excluding hydrogens is 424 g/mol. The fraction of sp³-hybridized carbons (Fsp3) is 0.389. The molecule has 12 heteroatoms. The summed E-state index contributed by atoms with van der Waals surface area (Å²) in [5.74, 6) is 0. The van der Waals surface area contributed by atoms with E-state index in [9.17, 15) is 0 Å². The third-order valence-electron chi connectivity index (χ3n) is 4.82. The van der Waals surface area contributed by atoms with Gasteiger partial charge in [-0.05, 0) is 6.92 Å². The highest BCUT2D eigenvalue weighted by Gasteiger charge is 2.26. The Morgan fingerprint density at radius 3 is 3.10 bits per heavy atom. The Bertz CT molecular complexity index is 1150. The average molecular weight is 445 g/mol. The van der Waals surface area contributed by atoms with Gasteiger partial charge >= 0.3 is 0 Å². The molecule has 1 aliphatic heterocycles. The highest BCUT2D eigenvalue weighted by molar-refractivity contribution is 7.19. The van der Waals surface area contributed by atoms with Gasteiger partial charge in [-0.25, -0.2) is 9.97 Å². The molecule has 1 aliphatic rings. The van der Waals surface area contributed by atoms with Gasteiger partial charge in [0.1, 0.15) is 17.4 Å². The van der Waals surface area contributed by atoms with Gasteiger partial charge < -0.3 is 14.0 Å². The number of H-pyrrole nitrogens is 1. The topological polar surface area (TPSA) is 106 Å². The fourth-order valence-electron chi connectivity index (χ4n) is 3.39. The molecule has 0 amide bonds. The van der Waals surface area contributed by atoms with Crippen molar-refractivity contribution in [1.29, 1.82) is 0 Å². The quantitative estimate of drug-likeness (QED) is 0.487. The maximum atomic E-state index is 5.98. The molecule has 5 rings (SSSR count). The van der Waals surface area contributed by atoms with Gasteiger partial charge in [0.25, 0.3) is 0 Å². The lowest BCUT2D eigenvalue weighted by Crippen LogP contribution is -2.23. The van der Waals surface area contributed by atoms with E-state index in [0.717, 1.165) is 38.0 Å². The number of nitrogens with zero attached hydrogens (tertiary/aromatic N) is 7. The summed E-state index contributed by atoms with van der Waals surface area (Å²) in [6.07, 6.45) is 3.38. The zero-order chi connectivity index (χ0) is 20.5. The zero-order valence-corrected chi connectivity index (χ0v) is 18.1. The number of rotatable bonds is 6. The normalized spacial score (nSPS) is 16.4. The highest BCUT2D eigenvalue weighted by atomic mass is 32.1. The van der Waals surface area contributed by atoms with Crippen molar-refractivity contribution in [1.82, 2.24) is 35.0 Å². The molecule has 1 atom stereocenters. The van der Waals surface area contributed by atoms with E-state index in [2.05, 4.69) is 30.1 Å². The van der Waals surface area contributed by atoms with Crippen molar-refractivity contribution < 1.29 is 9.47 Å². The van der Waals surface area contributed by atoms with Gasteiger partial charge in [0.2, 0.25) is 0 Å². The summed E-state index contributed by atoms with van der Waals surface area (Å²) in [7, 11) is 2.01. The molecule has 0 aromatic carbocycles. The summed E-state index contributed by atoms with van der Waals surface area (Å²) < 4.78 is 15.0. The molecule has 1 N–H and O–H groups in total. The van der Waals surface area contributed by atoms with Crippen LogP contribution in [0.4, 0.5) is 0 Å². The highest BCUT2D eigenvalue weighted by Crippen LogP contribution is 2.36. The Labute approximate surface area is 180 Å². The summed E-state index contributed by atoms with van der Waals surface area (Å²) in [5.41, 5.74) is 6.49. The van der Waals surface area contributed by atoms with Crippen molar-refractivity contribution in [2.45, 2.75) is 26.2 Å². The number of hydrogen-bond donors (Lipinski definition) is 1. The lowest BCUT2D eigenvalue weighted by atomic mass is 10.2. The number of thiazole rings is 2. The summed E-state index contributed by atoms with van der Waals surface area (Å²) in [6, 6.07) is 0. The number of ether oxygens (including phenoxy) is 2. The molecule has 0 spiro atoms. The molecule has 0 radical (unpaired) electrons. The fourth-order valence-corrected chi connectivity index (χ4v) is 5.15. The van der Waals surface area contributed by atoms with E-state index in [-0.39, 0.29) is 6.10 Å². The van der Waals surface area contributed by atoms with Crippen molar-refractivity contribution in [3.8, 4) is 0 Å². The predicted octanol–water partition coefficient (Wildman–Crippen LogP) is 2.66. The number of aryl methyl sites for hydroxylation is 1. The van der Waals surface area contributed by atoms with Crippen molar-refractivity contribution >= 4 is 39.2 Å². The molecule has 4 aromatic rings. The third-order valence-corrected chi connectivity index (χ3v) is 6.55. The van der Waals surface area contributed by atoms with Gasteiger partial charge in [0, 0.05) is 30.8 Å². The molecule has 4 aromatic heterocycles. The minimum absolute atomic E-state index is 0.264. The summed E-state index contributed by atoms with van der Waals surface area (Å²) in [5, 5.41) is 19.8. The Morgan fingerprint density at radius 1 is 1.40 bits per heavy atom. The Morgan fingerprint density at radius 2 is 2.33 bits per heavy atom. The predicted molar refractivity (Wildman–Crippen MR) is 113 cm³/mol. The smallest absolute Gasteiger partial charge is 0.152 e. The van der Waals surface area contributed by atoms with Crippen molar-refractivity contribution in [3.63, 3.8) is 0 Å². The van der Waals surface area contributed by atoms with Crippen LogP contribution in [-0.2, 0) is 29.7 Å². The van der Waals surface area contributed by atoms with Crippen LogP contribution in [0, 0.1) is 0 Å². The van der Waals surface area contributed by atoms with E-state index in [4.69, 9.17) is 14.5 Å². The monoisotopic (exact) mass is 444 g/mol. The number of nitrogens with one attached hydrogen (secondary N) is 1. The molecule has 1 unspecified atom stereocenters. The number of hydrazone groups is 1. The van der Waals surface area contributed by atoms with Crippen LogP contribution < -0.4 is 0 Å². The van der Waals surface area contributed by atoms with E-state index in [1.807, 2.05) is 36.1 Å². The molecular formula is C18H20N8O2S2. The van der Waals surface area contributed by atoms with Gasteiger partial charge in [0.05, 0.1) is 41.0 Å². The molecule has 156 valence electrons. The van der Waals surface area contributed by atoms with Crippen LogP contribution in [0.25, 0.3) is 10.3 Å². The first kappa shape index (κ1) is 19.3. The number of fused-ring (bicyclic) bond motifs is 3. The first-order valence-corrected chi connectivity index (χ1v) is 11.2. The summed E-state index contributed by atoms with van der Waals surface area (Å²) >= 11 is 3.17. The zero-order valence-electron chi connectivity index (χ0n) is 16.5. The van der Waals surface area contributed by atoms with Gasteiger partial charge in [-0.2, -0.15) is 5.10 Å². The van der Waals surface area contributed by atoms with Gasteiger partial charge in [-0.3, -0.25) is 10.1 Å². The van der Waals surface area contributed by atoms with Gasteiger partial charge in [-0.15, -0.1) is 27.8 Å². The third kappa shape index (κ3) is 3.51. The van der Waals surface area contributed by atoms with Crippen LogP contribution in [0.1, 0.15) is 40.7 Å². The molecule has 0 saturated heterocycles. The Hall–Kier alpha value is -2.67. The Kier molecular flexibility index (Phi) is 5.29. The van der Waals surface area contributed by atoms with E-state index in [1.54, 1.807) is 28.9 Å². The maximum Gasteiger partial charge on any atom is 0.152 e. The minimum atomic E-state index is -0.264. The number of aromatic nitrogens is 6. The molecule has 10 nitrogen and oxygen atoms in total. The second-order valence-electron chi connectivity index (χ2n) is 6.72. The largest absolute Gasteiger partial charge is 0.365 e. The van der Waals surface area contributed by atoms with Crippen molar-refractivity contribution in [2.24, 2.45) is 12.1 Å². The van der Waals surface area contributed by atoms with Crippen LogP contribution in [0.15, 0.2) is 22.2 Å². The lowest BCUT2D eigenvalue weighted by molar-refractivity contribution is 0.0118. The first-order chi connectivity index (χ1) is 14.7. The first-order valence-electron chi connectivity index (χ1n) is 9.44. The van der Waals surface area contributed by atoms with Crippen molar-refractivity contribution in [2.75, 3.05) is 13.3 Å². The van der Waals surface area contributed by atoms with E-state index < -0.39 is 0 Å². The molecule has 0 aliphatic carbocycles. The maximum absolute atomic E-state index is 5.98. The SMILES string of the molecule is CCOC(c1cscn1)c1nc2c(s1)c1c(n2C)COCN(Cc2c[nH]nn2)/N=C\1. The number of hydrogen-bond acceptors (Lipinski definition) is 10. The summed E-state index contributed by atoms with van der Waals surface area (Å²) in [4.78, 5) is 9.34. The van der Waals surface area contributed by atoms with Crippen LogP contribution >= 0.6 is 22.7 Å². The Balaban J connectivity index is 1.51. The molecule has 0 saturated carbocycles. The molecule has 0 bridgehead atoms. The van der Waals surface area contributed by atoms with E-state index in [0.29, 0.717) is 26.5 Å². The molecule has 30 heavy (non-hydrogen) atoms. The van der Waals surface area contributed by atoms with Crippen LogP contribution in [-0.4, -0.2) is 54.5 Å². The second-order valence-corrected chi connectivity index (χ2v) is 8.47. The van der Waals surface area contributed by atoms with Crippen molar-refractivity contribution in [3.05, 3.63) is 44.7 Å². The summed E-state index contributed by atoms with van der Waals surface area (Å²) in [6.45, 7) is 3.93. The minimum Gasteiger partial charge on any atom is -0.365 e. The van der Waals surface area contributed by atoms with Crippen LogP contribution in [0.3, 0.4) is 0 Å². The standard InChI is InChI=1S/C18H20N8O2S2/c1-3-28-15(13-8-29-9-19-13)18-22-17-16(30-18)12-5-21-26(6-11-4-20-24-23-11)10-27-7-14(12)25(17)2/h4-5,8-9,15H,3,6-7,10H2,1-2H3,(H,20,23,24)/b21-5-. The van der Waals surface area contributed by atoms with E-state index >= 15 is 0 Å². The van der Waals surface area contributed by atoms with E-state index in [1.165, 1.54) is 0 Å². The average Bonchev–Trinajstić information content (AvgIpc) is 3.51. The molecule has 5 heterocycles. The van der Waals surface area contributed by atoms with Crippen LogP contribution in [0.2, 0.25) is 0 Å². The van der Waals surface area contributed by atoms with Gasteiger partial charge in [-0.1, -0.05) is 5.21 Å². The molecule has 0 fully saturated rings. The van der Waals surface area contributed by atoms with Crippen LogP contribution in [0.5, 0.6) is 0 Å². The van der Waals surface area contributed by atoms with Gasteiger partial charge in [0.15, 0.2) is 11.8 Å². The second kappa shape index (κ2) is 8.22. The lowest BCUT2D eigenvalue weighted by Gasteiger charge is -2.20. The number of aromatic amines is 1.